The maximum Gasteiger partial charge on any atom is 0.251 e. The van der Waals surface area contributed by atoms with E-state index < -0.39 is 0 Å². The van der Waals surface area contributed by atoms with Crippen molar-refractivity contribution < 1.29 is 9.59 Å². The van der Waals surface area contributed by atoms with Gasteiger partial charge in [-0.25, -0.2) is 0 Å². The van der Waals surface area contributed by atoms with Gasteiger partial charge in [0.1, 0.15) is 0 Å². The third-order valence-corrected chi connectivity index (χ3v) is 4.22. The lowest BCUT2D eigenvalue weighted by atomic mass is 10.1. The van der Waals surface area contributed by atoms with E-state index in [1.54, 1.807) is 19.1 Å². The Bertz CT molecular complexity index is 778. The molecule has 2 N–H and O–H groups in total. The first-order valence-corrected chi connectivity index (χ1v) is 9.34. The van der Waals surface area contributed by atoms with Gasteiger partial charge in [-0.1, -0.05) is 56.3 Å². The molecule has 27 heavy (non-hydrogen) atoms. The Morgan fingerprint density at radius 3 is 2.26 bits per heavy atom. The molecule has 0 aliphatic rings. The topological polar surface area (TPSA) is 58.2 Å². The molecule has 2 aromatic rings. The molecule has 4 heteroatoms. The van der Waals surface area contributed by atoms with Crippen molar-refractivity contribution in [2.75, 3.05) is 6.54 Å². The molecule has 0 aromatic heterocycles. The number of carbonyl (C=O) groups excluding carboxylic acids is 2. The second kappa shape index (κ2) is 10.3. The summed E-state index contributed by atoms with van der Waals surface area (Å²) in [6.45, 7) is 7.17. The lowest BCUT2D eigenvalue weighted by Crippen LogP contribution is -2.25. The molecular weight excluding hydrogens is 336 g/mol. The summed E-state index contributed by atoms with van der Waals surface area (Å²) in [5, 5.41) is 5.83. The summed E-state index contributed by atoms with van der Waals surface area (Å²) in [6.07, 6.45) is 2.83. The highest BCUT2D eigenvalue weighted by Gasteiger charge is 2.07. The Labute approximate surface area is 161 Å². The van der Waals surface area contributed by atoms with Gasteiger partial charge in [0.2, 0.25) is 5.91 Å². The largest absolute Gasteiger partial charge is 0.352 e. The molecule has 2 aromatic carbocycles. The SMILES string of the molecule is CC(=Cc1ccccc1)C(=O)NCc1ccc(C(=O)NCCC(C)C)cc1. The molecule has 0 fully saturated rings. The second-order valence-corrected chi connectivity index (χ2v) is 7.06. The first-order valence-electron chi connectivity index (χ1n) is 9.34. The van der Waals surface area contributed by atoms with Gasteiger partial charge < -0.3 is 10.6 Å². The Balaban J connectivity index is 1.84. The average molecular weight is 364 g/mol. The van der Waals surface area contributed by atoms with Gasteiger partial charge >= 0.3 is 0 Å². The lowest BCUT2D eigenvalue weighted by Gasteiger charge is -2.09. The predicted molar refractivity (Wildman–Crippen MR) is 110 cm³/mol. The molecule has 2 rings (SSSR count). The second-order valence-electron chi connectivity index (χ2n) is 7.06. The van der Waals surface area contributed by atoms with Gasteiger partial charge in [-0.05, 0) is 48.6 Å². The van der Waals surface area contributed by atoms with Crippen molar-refractivity contribution in [3.05, 3.63) is 76.9 Å². The molecule has 0 saturated carbocycles. The number of benzene rings is 2. The summed E-state index contributed by atoms with van der Waals surface area (Å²) in [7, 11) is 0. The molecule has 0 saturated heterocycles. The van der Waals surface area contributed by atoms with Crippen molar-refractivity contribution in [3.63, 3.8) is 0 Å². The van der Waals surface area contributed by atoms with Crippen molar-refractivity contribution in [1.29, 1.82) is 0 Å². The normalized spacial score (nSPS) is 11.3. The van der Waals surface area contributed by atoms with Gasteiger partial charge in [0.15, 0.2) is 0 Å². The van der Waals surface area contributed by atoms with Gasteiger partial charge in [0.05, 0.1) is 0 Å². The van der Waals surface area contributed by atoms with Crippen LogP contribution in [0.2, 0.25) is 0 Å². The fourth-order valence-electron chi connectivity index (χ4n) is 2.54. The number of rotatable bonds is 8. The highest BCUT2D eigenvalue weighted by molar-refractivity contribution is 5.97. The van der Waals surface area contributed by atoms with E-state index in [1.165, 1.54) is 0 Å². The van der Waals surface area contributed by atoms with Crippen LogP contribution in [0.3, 0.4) is 0 Å². The van der Waals surface area contributed by atoms with Crippen molar-refractivity contribution >= 4 is 17.9 Å². The van der Waals surface area contributed by atoms with E-state index in [-0.39, 0.29) is 11.8 Å². The Hall–Kier alpha value is -2.88. The predicted octanol–water partition coefficient (Wildman–Crippen LogP) is 4.18. The van der Waals surface area contributed by atoms with Crippen LogP contribution < -0.4 is 10.6 Å². The highest BCUT2D eigenvalue weighted by atomic mass is 16.2. The number of nitrogens with one attached hydrogen (secondary N) is 2. The van der Waals surface area contributed by atoms with Crippen LogP contribution in [0.25, 0.3) is 6.08 Å². The van der Waals surface area contributed by atoms with Crippen LogP contribution in [0, 0.1) is 5.92 Å². The summed E-state index contributed by atoms with van der Waals surface area (Å²) in [4.78, 5) is 24.3. The van der Waals surface area contributed by atoms with Crippen LogP contribution in [0.5, 0.6) is 0 Å². The van der Waals surface area contributed by atoms with Gasteiger partial charge in [-0.2, -0.15) is 0 Å². The zero-order valence-corrected chi connectivity index (χ0v) is 16.3. The maximum atomic E-state index is 12.2. The standard InChI is InChI=1S/C23H28N2O2/c1-17(2)13-14-24-23(27)21-11-9-20(10-12-21)16-25-22(26)18(3)15-19-7-5-4-6-8-19/h4-12,15,17H,13-14,16H2,1-3H3,(H,24,27)(H,25,26). The zero-order chi connectivity index (χ0) is 19.6. The molecule has 0 bridgehead atoms. The van der Waals surface area contributed by atoms with Gasteiger partial charge in [0.25, 0.3) is 5.91 Å². The van der Waals surface area contributed by atoms with Crippen molar-refractivity contribution in [1.82, 2.24) is 10.6 Å². The minimum absolute atomic E-state index is 0.0622. The summed E-state index contributed by atoms with van der Waals surface area (Å²) in [6, 6.07) is 17.1. The minimum Gasteiger partial charge on any atom is -0.352 e. The van der Waals surface area contributed by atoms with E-state index >= 15 is 0 Å². The molecule has 2 amide bonds. The number of amides is 2. The van der Waals surface area contributed by atoms with E-state index in [1.807, 2.05) is 48.5 Å². The summed E-state index contributed by atoms with van der Waals surface area (Å²) >= 11 is 0. The lowest BCUT2D eigenvalue weighted by molar-refractivity contribution is -0.117. The van der Waals surface area contributed by atoms with E-state index in [9.17, 15) is 9.59 Å². The van der Waals surface area contributed by atoms with E-state index in [0.717, 1.165) is 17.5 Å². The minimum atomic E-state index is -0.102. The van der Waals surface area contributed by atoms with E-state index in [4.69, 9.17) is 0 Å². The molecule has 0 unspecified atom stereocenters. The molecular formula is C23H28N2O2. The monoisotopic (exact) mass is 364 g/mol. The van der Waals surface area contributed by atoms with Crippen LogP contribution in [-0.4, -0.2) is 18.4 Å². The fourth-order valence-corrected chi connectivity index (χ4v) is 2.54. The number of hydrogen-bond acceptors (Lipinski definition) is 2. The summed E-state index contributed by atoms with van der Waals surface area (Å²) < 4.78 is 0. The van der Waals surface area contributed by atoms with Gasteiger partial charge in [0, 0.05) is 24.2 Å². The van der Waals surface area contributed by atoms with Crippen LogP contribution in [-0.2, 0) is 11.3 Å². The average Bonchev–Trinajstić information content (AvgIpc) is 2.67. The molecule has 0 spiro atoms. The van der Waals surface area contributed by atoms with Crippen molar-refractivity contribution in [2.45, 2.75) is 33.7 Å². The van der Waals surface area contributed by atoms with E-state index in [0.29, 0.717) is 30.1 Å². The molecule has 0 atom stereocenters. The van der Waals surface area contributed by atoms with Gasteiger partial charge in [-0.15, -0.1) is 0 Å². The van der Waals surface area contributed by atoms with Crippen LogP contribution in [0.4, 0.5) is 0 Å². The molecule has 0 heterocycles. The quantitative estimate of drug-likeness (QED) is 0.690. The number of carbonyl (C=O) groups is 2. The highest BCUT2D eigenvalue weighted by Crippen LogP contribution is 2.08. The maximum absolute atomic E-state index is 12.2. The van der Waals surface area contributed by atoms with Gasteiger partial charge in [-0.3, -0.25) is 9.59 Å². The number of hydrogen-bond donors (Lipinski definition) is 2. The smallest absolute Gasteiger partial charge is 0.251 e. The first-order chi connectivity index (χ1) is 13.0. The molecule has 0 aliphatic carbocycles. The van der Waals surface area contributed by atoms with Crippen molar-refractivity contribution in [3.8, 4) is 0 Å². The Kier molecular flexibility index (Phi) is 7.80. The molecule has 0 aliphatic heterocycles. The van der Waals surface area contributed by atoms with E-state index in [2.05, 4.69) is 24.5 Å². The third-order valence-electron chi connectivity index (χ3n) is 4.22. The molecule has 0 radical (unpaired) electrons. The first kappa shape index (κ1) is 20.4. The van der Waals surface area contributed by atoms with Crippen LogP contribution in [0.15, 0.2) is 60.2 Å². The fraction of sp³-hybridized carbons (Fsp3) is 0.304. The third kappa shape index (κ3) is 7.10. The molecule has 4 nitrogen and oxygen atoms in total. The van der Waals surface area contributed by atoms with Crippen molar-refractivity contribution in [2.24, 2.45) is 5.92 Å². The summed E-state index contributed by atoms with van der Waals surface area (Å²) in [5.41, 5.74) is 3.24. The Morgan fingerprint density at radius 1 is 0.963 bits per heavy atom. The van der Waals surface area contributed by atoms with Crippen LogP contribution >= 0.6 is 0 Å². The Morgan fingerprint density at radius 2 is 1.63 bits per heavy atom. The molecule has 142 valence electrons. The summed E-state index contributed by atoms with van der Waals surface area (Å²) in [5.74, 6) is 0.401. The zero-order valence-electron chi connectivity index (χ0n) is 16.3. The van der Waals surface area contributed by atoms with Crippen LogP contribution in [0.1, 0.15) is 48.7 Å².